The van der Waals surface area contributed by atoms with Gasteiger partial charge in [-0.05, 0) is 90.6 Å². The Bertz CT molecular complexity index is 1070. The van der Waals surface area contributed by atoms with Crippen molar-refractivity contribution in [1.82, 2.24) is 15.1 Å². The second-order valence-corrected chi connectivity index (χ2v) is 23.5. The minimum atomic E-state index is -0.488. The van der Waals surface area contributed by atoms with Crippen LogP contribution in [0.4, 0.5) is 0 Å². The first kappa shape index (κ1) is 73.8. The van der Waals surface area contributed by atoms with Crippen LogP contribution in [-0.4, -0.2) is 98.5 Å². The van der Waals surface area contributed by atoms with Crippen molar-refractivity contribution >= 4 is 11.9 Å². The van der Waals surface area contributed by atoms with Crippen LogP contribution in [0.25, 0.3) is 0 Å². The fourth-order valence-electron chi connectivity index (χ4n) is 10.8. The predicted octanol–water partition coefficient (Wildman–Crippen LogP) is 19.2. The molecule has 0 saturated carbocycles. The highest BCUT2D eigenvalue weighted by atomic mass is 16.5. The summed E-state index contributed by atoms with van der Waals surface area (Å²) >= 11 is 0. The summed E-state index contributed by atoms with van der Waals surface area (Å²) in [6.07, 6.45) is 62.2. The molecule has 0 aliphatic carbocycles. The molecule has 0 aromatic heterocycles. The van der Waals surface area contributed by atoms with Gasteiger partial charge in [-0.3, -0.25) is 9.59 Å². The lowest BCUT2D eigenvalue weighted by atomic mass is 10.1. The molecule has 2 N–H and O–H groups in total. The van der Waals surface area contributed by atoms with E-state index in [4.69, 9.17) is 9.47 Å². The molecule has 0 amide bonds. The smallest absolute Gasteiger partial charge is 0.305 e. The van der Waals surface area contributed by atoms with Crippen LogP contribution in [0.15, 0.2) is 0 Å². The molecule has 0 aliphatic rings. The van der Waals surface area contributed by atoms with Gasteiger partial charge in [0.05, 0.1) is 19.3 Å². The Morgan fingerprint density at radius 3 is 0.853 bits per heavy atom. The zero-order valence-corrected chi connectivity index (χ0v) is 51.5. The molecule has 0 spiro atoms. The first-order chi connectivity index (χ1) is 37.0. The van der Waals surface area contributed by atoms with Crippen molar-refractivity contribution in [3.63, 3.8) is 0 Å². The number of nitrogens with one attached hydrogen (secondary N) is 1. The minimum absolute atomic E-state index is 0.112. The Morgan fingerprint density at radius 2 is 0.547 bits per heavy atom. The average Bonchev–Trinajstić information content (AvgIpc) is 3.40. The van der Waals surface area contributed by atoms with E-state index in [0.29, 0.717) is 65.1 Å². The van der Waals surface area contributed by atoms with Crippen LogP contribution in [0.2, 0.25) is 0 Å². The number of ether oxygens (including phenoxy) is 2. The number of aliphatic hydroxyl groups is 1. The van der Waals surface area contributed by atoms with Crippen molar-refractivity contribution in [1.29, 1.82) is 0 Å². The van der Waals surface area contributed by atoms with Gasteiger partial charge in [-0.2, -0.15) is 0 Å². The topological polar surface area (TPSA) is 91.3 Å². The van der Waals surface area contributed by atoms with E-state index in [-0.39, 0.29) is 11.9 Å². The Kier molecular flexibility index (Phi) is 62.6. The Hall–Kier alpha value is -1.22. The summed E-state index contributed by atoms with van der Waals surface area (Å²) in [6.45, 7) is 17.1. The summed E-state index contributed by atoms with van der Waals surface area (Å²) in [5, 5.41) is 15.4. The largest absolute Gasteiger partial charge is 0.466 e. The maximum Gasteiger partial charge on any atom is 0.305 e. The molecular weight excluding hydrogens is 927 g/mol. The molecule has 1 atom stereocenters. The molecule has 0 fully saturated rings. The molecule has 0 saturated heterocycles. The molecule has 0 aromatic carbocycles. The Balaban J connectivity index is 5.05. The van der Waals surface area contributed by atoms with E-state index in [1.165, 1.54) is 263 Å². The highest BCUT2D eigenvalue weighted by Gasteiger charge is 2.17. The summed E-state index contributed by atoms with van der Waals surface area (Å²) in [4.78, 5) is 30.4. The molecule has 448 valence electrons. The molecule has 0 aliphatic heterocycles. The van der Waals surface area contributed by atoms with E-state index in [9.17, 15) is 14.7 Å². The summed E-state index contributed by atoms with van der Waals surface area (Å²) in [6, 6.07) is 0. The van der Waals surface area contributed by atoms with Crippen LogP contribution < -0.4 is 5.32 Å². The molecule has 75 heavy (non-hydrogen) atoms. The van der Waals surface area contributed by atoms with Gasteiger partial charge in [0.25, 0.3) is 0 Å². The lowest BCUT2D eigenvalue weighted by molar-refractivity contribution is -0.144. The standard InChI is InChI=1S/C67H135N3O5/c1-5-9-13-17-21-25-29-31-33-37-41-45-55-68-56-46-48-58-69(57-47-42-38-34-32-30-26-22-18-14-10-6-2)63-65(71)64-70(59-51-53-66(72)74-61-49-43-39-35-27-23-19-15-11-7-3)60-52-54-67(73)75-62-50-44-40-36-28-24-20-16-12-8-4/h65,68,71H,5-64H2,1-4H3. The number of carbonyl (C=O) groups is 2. The summed E-state index contributed by atoms with van der Waals surface area (Å²) in [5.41, 5.74) is 0. The molecule has 0 aromatic rings. The maximum absolute atomic E-state index is 12.8. The van der Waals surface area contributed by atoms with E-state index < -0.39 is 6.10 Å². The quantitative estimate of drug-likeness (QED) is 0.0460. The van der Waals surface area contributed by atoms with Crippen LogP contribution in [-0.2, 0) is 19.1 Å². The highest BCUT2D eigenvalue weighted by Crippen LogP contribution is 2.16. The van der Waals surface area contributed by atoms with Crippen molar-refractivity contribution in [2.45, 2.75) is 355 Å². The maximum atomic E-state index is 12.8. The van der Waals surface area contributed by atoms with E-state index in [0.717, 1.165) is 58.3 Å². The molecule has 8 nitrogen and oxygen atoms in total. The monoisotopic (exact) mass is 1060 g/mol. The number of carbonyl (C=O) groups excluding carboxylic acids is 2. The number of rotatable bonds is 65. The number of nitrogens with zero attached hydrogens (tertiary/aromatic N) is 2. The van der Waals surface area contributed by atoms with E-state index in [1.807, 2.05) is 0 Å². The predicted molar refractivity (Wildman–Crippen MR) is 327 cm³/mol. The third kappa shape index (κ3) is 60.3. The van der Waals surface area contributed by atoms with Crippen molar-refractivity contribution in [3.8, 4) is 0 Å². The number of hydrogen-bond acceptors (Lipinski definition) is 8. The van der Waals surface area contributed by atoms with Gasteiger partial charge in [0.1, 0.15) is 0 Å². The zero-order valence-electron chi connectivity index (χ0n) is 51.5. The lowest BCUT2D eigenvalue weighted by Gasteiger charge is -2.29. The van der Waals surface area contributed by atoms with Crippen molar-refractivity contribution in [2.75, 3.05) is 65.6 Å². The van der Waals surface area contributed by atoms with Gasteiger partial charge < -0.3 is 29.7 Å². The number of hydrogen-bond donors (Lipinski definition) is 2. The first-order valence-corrected chi connectivity index (χ1v) is 34.1. The normalized spacial score (nSPS) is 12.1. The zero-order chi connectivity index (χ0) is 54.4. The van der Waals surface area contributed by atoms with E-state index in [2.05, 4.69) is 42.8 Å². The summed E-state index contributed by atoms with van der Waals surface area (Å²) < 4.78 is 11.3. The van der Waals surface area contributed by atoms with Crippen LogP contribution in [0.3, 0.4) is 0 Å². The number of aliphatic hydroxyl groups excluding tert-OH is 1. The van der Waals surface area contributed by atoms with Crippen molar-refractivity contribution in [3.05, 3.63) is 0 Å². The fourth-order valence-corrected chi connectivity index (χ4v) is 10.8. The van der Waals surface area contributed by atoms with Gasteiger partial charge in [-0.25, -0.2) is 0 Å². The van der Waals surface area contributed by atoms with E-state index >= 15 is 0 Å². The Morgan fingerprint density at radius 1 is 0.320 bits per heavy atom. The molecular formula is C67H135N3O5. The van der Waals surface area contributed by atoms with Gasteiger partial charge in [-0.1, -0.05) is 285 Å². The number of esters is 2. The molecule has 1 unspecified atom stereocenters. The molecule has 0 bridgehead atoms. The van der Waals surface area contributed by atoms with Crippen LogP contribution in [0.1, 0.15) is 349 Å². The van der Waals surface area contributed by atoms with Crippen LogP contribution in [0, 0.1) is 0 Å². The van der Waals surface area contributed by atoms with Crippen LogP contribution in [0.5, 0.6) is 0 Å². The highest BCUT2D eigenvalue weighted by molar-refractivity contribution is 5.69. The first-order valence-electron chi connectivity index (χ1n) is 34.1. The minimum Gasteiger partial charge on any atom is -0.466 e. The second kappa shape index (κ2) is 63.6. The molecule has 8 heteroatoms. The second-order valence-electron chi connectivity index (χ2n) is 23.5. The van der Waals surface area contributed by atoms with Gasteiger partial charge >= 0.3 is 11.9 Å². The lowest BCUT2D eigenvalue weighted by Crippen LogP contribution is -2.42. The van der Waals surface area contributed by atoms with Crippen molar-refractivity contribution in [2.24, 2.45) is 0 Å². The summed E-state index contributed by atoms with van der Waals surface area (Å²) in [7, 11) is 0. The van der Waals surface area contributed by atoms with Crippen molar-refractivity contribution < 1.29 is 24.2 Å². The summed E-state index contributed by atoms with van der Waals surface area (Å²) in [5.74, 6) is -0.224. The van der Waals surface area contributed by atoms with Gasteiger partial charge in [0, 0.05) is 25.9 Å². The fraction of sp³-hybridized carbons (Fsp3) is 0.970. The average molecular weight is 1060 g/mol. The molecule has 0 radical (unpaired) electrons. The third-order valence-electron chi connectivity index (χ3n) is 15.8. The SMILES string of the molecule is CCCCCCCCCCCCCCNCCCCN(CCCCCCCCCCCCCC)CC(O)CN(CCCC(=O)OCCCCCCCCCCCC)CCCC(=O)OCCCCCCCCCCCC. The van der Waals surface area contributed by atoms with Gasteiger partial charge in [0.15, 0.2) is 0 Å². The van der Waals surface area contributed by atoms with Crippen LogP contribution >= 0.6 is 0 Å². The Labute approximate surface area is 469 Å². The molecule has 0 rings (SSSR count). The van der Waals surface area contributed by atoms with Gasteiger partial charge in [-0.15, -0.1) is 0 Å². The van der Waals surface area contributed by atoms with E-state index in [1.54, 1.807) is 0 Å². The third-order valence-corrected chi connectivity index (χ3v) is 15.8. The molecule has 0 heterocycles. The number of unbranched alkanes of at least 4 members (excludes halogenated alkanes) is 41. The van der Waals surface area contributed by atoms with Gasteiger partial charge in [0.2, 0.25) is 0 Å².